The molecule has 0 saturated carbocycles. The third-order valence-corrected chi connectivity index (χ3v) is 3.49. The number of fused-ring (bicyclic) bond motifs is 1. The van der Waals surface area contributed by atoms with Crippen molar-refractivity contribution in [1.82, 2.24) is 20.2 Å². The third-order valence-electron chi connectivity index (χ3n) is 3.49. The van der Waals surface area contributed by atoms with E-state index in [-0.39, 0.29) is 5.91 Å². The topological polar surface area (TPSA) is 87.3 Å². The maximum Gasteiger partial charge on any atom is 0.408 e. The van der Waals surface area contributed by atoms with Crippen LogP contribution < -0.4 is 5.32 Å². The fraction of sp³-hybridized carbons (Fsp3) is 0.500. The molecule has 1 aromatic carbocycles. The summed E-state index contributed by atoms with van der Waals surface area (Å²) in [5, 5.41) is 2.80. The van der Waals surface area contributed by atoms with Gasteiger partial charge in [-0.25, -0.2) is 9.78 Å². The van der Waals surface area contributed by atoms with Crippen molar-refractivity contribution < 1.29 is 14.3 Å². The van der Waals surface area contributed by atoms with Crippen LogP contribution in [0.15, 0.2) is 24.5 Å². The maximum absolute atomic E-state index is 12.7. The first kappa shape index (κ1) is 18.8. The average Bonchev–Trinajstić information content (AvgIpc) is 2.90. The first-order chi connectivity index (χ1) is 11.5. The number of likely N-dealkylation sites (N-methyl/N-ethyl adjacent to an activating group) is 1. The van der Waals surface area contributed by atoms with Gasteiger partial charge in [0.2, 0.25) is 0 Å². The quantitative estimate of drug-likeness (QED) is 0.891. The lowest BCUT2D eigenvalue weighted by molar-refractivity contribution is 0.0441. The summed E-state index contributed by atoms with van der Waals surface area (Å²) in [5.74, 6) is -0.129. The van der Waals surface area contributed by atoms with E-state index >= 15 is 0 Å². The zero-order valence-corrected chi connectivity index (χ0v) is 15.6. The zero-order valence-electron chi connectivity index (χ0n) is 15.6. The number of rotatable bonds is 4. The van der Waals surface area contributed by atoms with Gasteiger partial charge in [-0.3, -0.25) is 4.79 Å². The van der Waals surface area contributed by atoms with Gasteiger partial charge in [0.15, 0.2) is 0 Å². The van der Waals surface area contributed by atoms with Gasteiger partial charge in [-0.1, -0.05) is 0 Å². The van der Waals surface area contributed by atoms with Gasteiger partial charge in [0.25, 0.3) is 5.91 Å². The summed E-state index contributed by atoms with van der Waals surface area (Å²) >= 11 is 0. The highest BCUT2D eigenvalue weighted by Crippen LogP contribution is 2.15. The smallest absolute Gasteiger partial charge is 0.408 e. The average molecular weight is 346 g/mol. The van der Waals surface area contributed by atoms with E-state index in [9.17, 15) is 9.59 Å². The van der Waals surface area contributed by atoms with E-state index in [2.05, 4.69) is 15.3 Å². The highest BCUT2D eigenvalue weighted by molar-refractivity contribution is 5.97. The van der Waals surface area contributed by atoms with Gasteiger partial charge in [-0.2, -0.15) is 0 Å². The van der Waals surface area contributed by atoms with Crippen LogP contribution in [-0.2, 0) is 4.74 Å². The molecular formula is C18H26N4O3. The summed E-state index contributed by atoms with van der Waals surface area (Å²) in [4.78, 5) is 33.3. The molecule has 0 unspecified atom stereocenters. The Morgan fingerprint density at radius 1 is 1.24 bits per heavy atom. The molecule has 0 aliphatic heterocycles. The van der Waals surface area contributed by atoms with Crippen molar-refractivity contribution >= 4 is 23.0 Å². The summed E-state index contributed by atoms with van der Waals surface area (Å²) in [6.07, 6.45) is 1.09. The summed E-state index contributed by atoms with van der Waals surface area (Å²) in [6, 6.07) is 5.32. The van der Waals surface area contributed by atoms with Crippen molar-refractivity contribution in [3.05, 3.63) is 30.1 Å². The molecule has 7 nitrogen and oxygen atoms in total. The molecule has 2 rings (SSSR count). The minimum Gasteiger partial charge on any atom is -0.444 e. The van der Waals surface area contributed by atoms with Crippen molar-refractivity contribution in [3.8, 4) is 0 Å². The molecular weight excluding hydrogens is 320 g/mol. The highest BCUT2D eigenvalue weighted by atomic mass is 16.6. The molecule has 2 amide bonds. The maximum atomic E-state index is 12.7. The number of aromatic nitrogens is 2. The number of nitrogens with zero attached hydrogens (tertiary/aromatic N) is 2. The van der Waals surface area contributed by atoms with Gasteiger partial charge in [-0.15, -0.1) is 0 Å². The second-order valence-corrected chi connectivity index (χ2v) is 7.81. The number of carbonyl (C=O) groups is 2. The molecule has 7 heteroatoms. The van der Waals surface area contributed by atoms with E-state index in [0.29, 0.717) is 12.1 Å². The second kappa shape index (κ2) is 6.74. The number of hydrogen-bond acceptors (Lipinski definition) is 4. The van der Waals surface area contributed by atoms with Crippen LogP contribution in [0.5, 0.6) is 0 Å². The summed E-state index contributed by atoms with van der Waals surface area (Å²) in [6.45, 7) is 9.45. The zero-order chi connectivity index (χ0) is 18.8. The number of H-pyrrole nitrogens is 1. The Hall–Kier alpha value is -2.57. The Kier molecular flexibility index (Phi) is 5.06. The van der Waals surface area contributed by atoms with E-state index in [1.165, 1.54) is 0 Å². The van der Waals surface area contributed by atoms with Gasteiger partial charge in [0.05, 0.1) is 22.9 Å². The first-order valence-electron chi connectivity index (χ1n) is 8.17. The monoisotopic (exact) mass is 346 g/mol. The number of carbonyl (C=O) groups excluding carboxylic acids is 2. The molecule has 136 valence electrons. The van der Waals surface area contributed by atoms with Crippen LogP contribution in [-0.4, -0.2) is 51.6 Å². The standard InChI is InChI=1S/C18H26N4O3/c1-17(2,3)25-16(24)21-18(4,5)10-22(6)15(23)12-7-8-13-14(9-12)20-11-19-13/h7-9,11H,10H2,1-6H3,(H,19,20)(H,21,24). The van der Waals surface area contributed by atoms with E-state index in [1.807, 2.05) is 13.8 Å². The molecule has 2 N–H and O–H groups in total. The van der Waals surface area contributed by atoms with Gasteiger partial charge in [0, 0.05) is 19.2 Å². The Balaban J connectivity index is 2.02. The van der Waals surface area contributed by atoms with Gasteiger partial charge < -0.3 is 19.9 Å². The SMILES string of the molecule is CN(CC(C)(C)NC(=O)OC(C)(C)C)C(=O)c1ccc2nc[nH]c2c1. The molecule has 0 bridgehead atoms. The molecule has 0 atom stereocenters. The van der Waals surface area contributed by atoms with E-state index in [4.69, 9.17) is 4.74 Å². The molecule has 0 saturated heterocycles. The van der Waals surface area contributed by atoms with Crippen LogP contribution in [0.2, 0.25) is 0 Å². The number of hydrogen-bond donors (Lipinski definition) is 2. The molecule has 2 aromatic rings. The fourth-order valence-corrected chi connectivity index (χ4v) is 2.57. The summed E-state index contributed by atoms with van der Waals surface area (Å²) < 4.78 is 5.28. The lowest BCUT2D eigenvalue weighted by atomic mass is 10.0. The number of aromatic amines is 1. The van der Waals surface area contributed by atoms with Gasteiger partial charge in [-0.05, 0) is 52.8 Å². The van der Waals surface area contributed by atoms with Gasteiger partial charge >= 0.3 is 6.09 Å². The van der Waals surface area contributed by atoms with Gasteiger partial charge in [0.1, 0.15) is 5.60 Å². The molecule has 0 radical (unpaired) electrons. The Labute approximate surface area is 147 Å². The van der Waals surface area contributed by atoms with Crippen molar-refractivity contribution in [3.63, 3.8) is 0 Å². The van der Waals surface area contributed by atoms with Crippen LogP contribution in [0.3, 0.4) is 0 Å². The highest BCUT2D eigenvalue weighted by Gasteiger charge is 2.27. The van der Waals surface area contributed by atoms with Crippen molar-refractivity contribution in [2.24, 2.45) is 0 Å². The lowest BCUT2D eigenvalue weighted by Gasteiger charge is -2.32. The van der Waals surface area contributed by atoms with Crippen LogP contribution in [0.4, 0.5) is 4.79 Å². The predicted molar refractivity (Wildman–Crippen MR) is 96.5 cm³/mol. The second-order valence-electron chi connectivity index (χ2n) is 7.81. The minimum atomic E-state index is -0.634. The van der Waals surface area contributed by atoms with Crippen molar-refractivity contribution in [2.45, 2.75) is 45.8 Å². The van der Waals surface area contributed by atoms with E-state index < -0.39 is 17.2 Å². The number of amides is 2. The van der Waals surface area contributed by atoms with Crippen LogP contribution in [0.1, 0.15) is 45.0 Å². The molecule has 0 aliphatic rings. The molecule has 1 aromatic heterocycles. The van der Waals surface area contributed by atoms with Crippen LogP contribution in [0.25, 0.3) is 11.0 Å². The summed E-state index contributed by atoms with van der Waals surface area (Å²) in [7, 11) is 1.71. The van der Waals surface area contributed by atoms with E-state index in [1.54, 1.807) is 57.2 Å². The number of ether oxygens (including phenoxy) is 1. The Morgan fingerprint density at radius 2 is 1.92 bits per heavy atom. The number of benzene rings is 1. The molecule has 1 heterocycles. The number of imidazole rings is 1. The molecule has 25 heavy (non-hydrogen) atoms. The Morgan fingerprint density at radius 3 is 2.56 bits per heavy atom. The lowest BCUT2D eigenvalue weighted by Crippen LogP contribution is -2.52. The Bertz CT molecular complexity index is 774. The van der Waals surface area contributed by atoms with Crippen molar-refractivity contribution in [2.75, 3.05) is 13.6 Å². The van der Waals surface area contributed by atoms with Crippen LogP contribution in [0, 0.1) is 0 Å². The summed E-state index contributed by atoms with van der Waals surface area (Å²) in [5.41, 5.74) is 0.982. The first-order valence-corrected chi connectivity index (χ1v) is 8.17. The third kappa shape index (κ3) is 5.20. The molecule has 0 aliphatic carbocycles. The largest absolute Gasteiger partial charge is 0.444 e. The molecule has 0 fully saturated rings. The van der Waals surface area contributed by atoms with E-state index in [0.717, 1.165) is 11.0 Å². The van der Waals surface area contributed by atoms with Crippen LogP contribution >= 0.6 is 0 Å². The predicted octanol–water partition coefficient (Wildman–Crippen LogP) is 2.94. The number of nitrogens with one attached hydrogen (secondary N) is 2. The molecule has 0 spiro atoms. The minimum absolute atomic E-state index is 0.129. The van der Waals surface area contributed by atoms with Crippen molar-refractivity contribution in [1.29, 1.82) is 0 Å². The number of alkyl carbamates (subject to hydrolysis) is 1. The normalized spacial score (nSPS) is 12.1. The fourth-order valence-electron chi connectivity index (χ4n) is 2.57.